The van der Waals surface area contributed by atoms with Crippen molar-refractivity contribution in [1.82, 2.24) is 5.32 Å². The van der Waals surface area contributed by atoms with E-state index in [1.54, 1.807) is 0 Å². The van der Waals surface area contributed by atoms with Gasteiger partial charge in [0, 0.05) is 25.6 Å². The molecule has 1 aromatic carbocycles. The monoisotopic (exact) mass is 268 g/mol. The fraction of sp³-hybridized carbons (Fsp3) is 0.417. The van der Waals surface area contributed by atoms with Gasteiger partial charge in [0.1, 0.15) is 6.10 Å². The first-order valence-corrected chi connectivity index (χ1v) is 5.76. The van der Waals surface area contributed by atoms with Crippen LogP contribution in [0, 0.1) is 10.1 Å². The van der Waals surface area contributed by atoms with Crippen LogP contribution in [0.5, 0.6) is 0 Å². The van der Waals surface area contributed by atoms with Gasteiger partial charge >= 0.3 is 0 Å². The van der Waals surface area contributed by atoms with E-state index in [-0.39, 0.29) is 24.6 Å². The van der Waals surface area contributed by atoms with E-state index in [1.807, 2.05) is 0 Å². The van der Waals surface area contributed by atoms with Crippen molar-refractivity contribution in [1.29, 1.82) is 0 Å². The first-order chi connectivity index (χ1) is 8.91. The SMILES string of the molecule is CC(=O)NCCC(O)C(O)c1ccc([N+](=O)[O-])cc1. The average molecular weight is 268 g/mol. The highest BCUT2D eigenvalue weighted by Gasteiger charge is 2.19. The number of aliphatic hydroxyl groups is 2. The zero-order valence-electron chi connectivity index (χ0n) is 10.4. The van der Waals surface area contributed by atoms with E-state index in [2.05, 4.69) is 5.32 Å². The number of benzene rings is 1. The van der Waals surface area contributed by atoms with Gasteiger partial charge in [-0.3, -0.25) is 14.9 Å². The number of rotatable bonds is 6. The Hall–Kier alpha value is -1.99. The van der Waals surface area contributed by atoms with Crippen molar-refractivity contribution in [3.8, 4) is 0 Å². The largest absolute Gasteiger partial charge is 0.390 e. The van der Waals surface area contributed by atoms with Crippen LogP contribution in [-0.2, 0) is 4.79 Å². The number of nitrogens with one attached hydrogen (secondary N) is 1. The summed E-state index contributed by atoms with van der Waals surface area (Å²) in [5.41, 5.74) is 0.310. The number of carbonyl (C=O) groups excluding carboxylic acids is 1. The standard InChI is InChI=1S/C12H16N2O5/c1-8(15)13-7-6-11(16)12(17)9-2-4-10(5-3-9)14(18)19/h2-5,11-12,16-17H,6-7H2,1H3,(H,13,15). The molecule has 0 heterocycles. The molecule has 0 saturated carbocycles. The topological polar surface area (TPSA) is 113 Å². The predicted molar refractivity (Wildman–Crippen MR) is 67.4 cm³/mol. The highest BCUT2D eigenvalue weighted by atomic mass is 16.6. The molecule has 19 heavy (non-hydrogen) atoms. The molecule has 1 rings (SSSR count). The minimum absolute atomic E-state index is 0.0799. The van der Waals surface area contributed by atoms with Crippen LogP contribution in [0.3, 0.4) is 0 Å². The molecule has 0 bridgehead atoms. The van der Waals surface area contributed by atoms with Crippen LogP contribution >= 0.6 is 0 Å². The molecule has 3 N–H and O–H groups in total. The number of carbonyl (C=O) groups is 1. The van der Waals surface area contributed by atoms with E-state index in [0.29, 0.717) is 5.56 Å². The maximum atomic E-state index is 10.6. The molecule has 7 nitrogen and oxygen atoms in total. The number of aliphatic hydroxyl groups excluding tert-OH is 2. The third-order valence-corrected chi connectivity index (χ3v) is 2.62. The van der Waals surface area contributed by atoms with E-state index in [9.17, 15) is 25.1 Å². The van der Waals surface area contributed by atoms with Gasteiger partial charge in [-0.15, -0.1) is 0 Å². The number of nitrogens with zero attached hydrogens (tertiary/aromatic N) is 1. The van der Waals surface area contributed by atoms with Crippen LogP contribution in [0.15, 0.2) is 24.3 Å². The lowest BCUT2D eigenvalue weighted by Gasteiger charge is -2.18. The molecule has 0 spiro atoms. The summed E-state index contributed by atoms with van der Waals surface area (Å²) >= 11 is 0. The van der Waals surface area contributed by atoms with Gasteiger partial charge in [-0.1, -0.05) is 0 Å². The third kappa shape index (κ3) is 4.65. The molecule has 1 amide bonds. The summed E-state index contributed by atoms with van der Waals surface area (Å²) in [7, 11) is 0. The zero-order valence-corrected chi connectivity index (χ0v) is 10.4. The molecule has 0 aromatic heterocycles. The molecule has 0 aliphatic rings. The quantitative estimate of drug-likeness (QED) is 0.514. The number of amides is 1. The Labute approximate surface area is 110 Å². The van der Waals surface area contributed by atoms with E-state index in [1.165, 1.54) is 31.2 Å². The van der Waals surface area contributed by atoms with Gasteiger partial charge in [-0.05, 0) is 24.1 Å². The van der Waals surface area contributed by atoms with Crippen molar-refractivity contribution in [2.24, 2.45) is 0 Å². The lowest BCUT2D eigenvalue weighted by atomic mass is 10.0. The number of nitro groups is 1. The maximum absolute atomic E-state index is 10.6. The van der Waals surface area contributed by atoms with Crippen molar-refractivity contribution in [2.45, 2.75) is 25.6 Å². The molecule has 0 aliphatic heterocycles. The van der Waals surface area contributed by atoms with Crippen molar-refractivity contribution >= 4 is 11.6 Å². The van der Waals surface area contributed by atoms with Gasteiger partial charge < -0.3 is 15.5 Å². The Bertz CT molecular complexity index is 446. The Balaban J connectivity index is 2.58. The number of non-ortho nitro benzene ring substituents is 1. The molecule has 0 radical (unpaired) electrons. The second-order valence-corrected chi connectivity index (χ2v) is 4.13. The molecular weight excluding hydrogens is 252 g/mol. The maximum Gasteiger partial charge on any atom is 0.269 e. The van der Waals surface area contributed by atoms with Gasteiger partial charge in [-0.2, -0.15) is 0 Å². The van der Waals surface area contributed by atoms with Crippen LogP contribution in [-0.4, -0.2) is 33.7 Å². The van der Waals surface area contributed by atoms with Crippen LogP contribution < -0.4 is 5.32 Å². The molecule has 0 saturated heterocycles. The highest BCUT2D eigenvalue weighted by molar-refractivity contribution is 5.72. The lowest BCUT2D eigenvalue weighted by Crippen LogP contribution is -2.27. The molecule has 0 fully saturated rings. The van der Waals surface area contributed by atoms with E-state index < -0.39 is 17.1 Å². The summed E-state index contributed by atoms with van der Waals surface area (Å²) in [6, 6.07) is 5.31. The molecular formula is C12H16N2O5. The summed E-state index contributed by atoms with van der Waals surface area (Å²) in [6.07, 6.45) is -2.00. The van der Waals surface area contributed by atoms with Crippen LogP contribution in [0.1, 0.15) is 25.0 Å². The molecule has 2 unspecified atom stereocenters. The van der Waals surface area contributed by atoms with E-state index in [0.717, 1.165) is 0 Å². The Kier molecular flexibility index (Phi) is 5.40. The van der Waals surface area contributed by atoms with Crippen molar-refractivity contribution < 1.29 is 19.9 Å². The molecule has 104 valence electrons. The second-order valence-electron chi connectivity index (χ2n) is 4.13. The normalized spacial score (nSPS) is 13.6. The van der Waals surface area contributed by atoms with E-state index in [4.69, 9.17) is 0 Å². The summed E-state index contributed by atoms with van der Waals surface area (Å²) in [5.74, 6) is -0.211. The fourth-order valence-corrected chi connectivity index (χ4v) is 1.57. The number of hydrogen-bond acceptors (Lipinski definition) is 5. The molecule has 2 atom stereocenters. The van der Waals surface area contributed by atoms with Crippen LogP contribution in [0.25, 0.3) is 0 Å². The van der Waals surface area contributed by atoms with Crippen LogP contribution in [0.2, 0.25) is 0 Å². The number of hydrogen-bond donors (Lipinski definition) is 3. The summed E-state index contributed by atoms with van der Waals surface area (Å²) in [4.78, 5) is 20.6. The smallest absolute Gasteiger partial charge is 0.269 e. The predicted octanol–water partition coefficient (Wildman–Crippen LogP) is 0.515. The fourth-order valence-electron chi connectivity index (χ4n) is 1.57. The van der Waals surface area contributed by atoms with E-state index >= 15 is 0 Å². The van der Waals surface area contributed by atoms with Crippen molar-refractivity contribution in [3.05, 3.63) is 39.9 Å². The summed E-state index contributed by atoms with van der Waals surface area (Å²) < 4.78 is 0. The van der Waals surface area contributed by atoms with Gasteiger partial charge in [0.2, 0.25) is 5.91 Å². The van der Waals surface area contributed by atoms with Crippen molar-refractivity contribution in [3.63, 3.8) is 0 Å². The van der Waals surface area contributed by atoms with Gasteiger partial charge in [0.05, 0.1) is 11.0 Å². The van der Waals surface area contributed by atoms with Gasteiger partial charge in [-0.25, -0.2) is 0 Å². The van der Waals surface area contributed by atoms with Crippen LogP contribution in [0.4, 0.5) is 5.69 Å². The Morgan fingerprint density at radius 1 is 1.37 bits per heavy atom. The zero-order chi connectivity index (χ0) is 14.4. The Morgan fingerprint density at radius 3 is 2.42 bits per heavy atom. The lowest BCUT2D eigenvalue weighted by molar-refractivity contribution is -0.384. The number of nitro benzene ring substituents is 1. The van der Waals surface area contributed by atoms with Crippen molar-refractivity contribution in [2.75, 3.05) is 6.54 Å². The molecule has 7 heteroatoms. The third-order valence-electron chi connectivity index (χ3n) is 2.62. The van der Waals surface area contributed by atoms with Gasteiger partial charge in [0.15, 0.2) is 0 Å². The molecule has 1 aromatic rings. The summed E-state index contributed by atoms with van der Waals surface area (Å²) in [5, 5.41) is 32.6. The highest BCUT2D eigenvalue weighted by Crippen LogP contribution is 2.21. The minimum atomic E-state index is -1.14. The Morgan fingerprint density at radius 2 is 1.95 bits per heavy atom. The second kappa shape index (κ2) is 6.81. The average Bonchev–Trinajstić information content (AvgIpc) is 2.37. The molecule has 0 aliphatic carbocycles. The summed E-state index contributed by atoms with van der Waals surface area (Å²) in [6.45, 7) is 1.61. The first kappa shape index (κ1) is 15.1. The first-order valence-electron chi connectivity index (χ1n) is 5.76. The van der Waals surface area contributed by atoms with Gasteiger partial charge in [0.25, 0.3) is 5.69 Å². The minimum Gasteiger partial charge on any atom is -0.390 e.